The van der Waals surface area contributed by atoms with Gasteiger partial charge in [0.1, 0.15) is 29.9 Å². The van der Waals surface area contributed by atoms with Gasteiger partial charge in [0, 0.05) is 12.3 Å². The fourth-order valence-electron chi connectivity index (χ4n) is 4.26. The van der Waals surface area contributed by atoms with Gasteiger partial charge in [-0.05, 0) is 19.6 Å². The smallest absolute Gasteiger partial charge is 0.278 e. The van der Waals surface area contributed by atoms with Crippen LogP contribution in [0.2, 0.25) is 0 Å². The zero-order valence-corrected chi connectivity index (χ0v) is 18.0. The summed E-state index contributed by atoms with van der Waals surface area (Å²) >= 11 is 7.56. The number of alkyl halides is 1. The summed E-state index contributed by atoms with van der Waals surface area (Å²) in [5.41, 5.74) is -0.697. The van der Waals surface area contributed by atoms with Gasteiger partial charge >= 0.3 is 0 Å². The van der Waals surface area contributed by atoms with Gasteiger partial charge in [-0.3, -0.25) is 4.79 Å². The van der Waals surface area contributed by atoms with Gasteiger partial charge in [-0.1, -0.05) is 13.3 Å². The van der Waals surface area contributed by atoms with E-state index in [9.17, 15) is 20.1 Å². The van der Waals surface area contributed by atoms with Crippen molar-refractivity contribution >= 4 is 29.3 Å². The number of nitrogens with one attached hydrogen (secondary N) is 2. The molecule has 5 N–H and O–H groups in total. The maximum Gasteiger partial charge on any atom is 0.278 e. The zero-order chi connectivity index (χ0) is 20.3. The number of halogens is 1. The Morgan fingerprint density at radius 1 is 1.33 bits per heavy atom. The molecular weight excluding hydrogens is 392 g/mol. The molecule has 2 aliphatic rings. The van der Waals surface area contributed by atoms with Gasteiger partial charge in [0.05, 0.1) is 25.0 Å². The molecule has 0 bridgehead atoms. The normalized spacial score (nSPS) is 41.9. The van der Waals surface area contributed by atoms with Gasteiger partial charge in [0.2, 0.25) is 0 Å². The summed E-state index contributed by atoms with van der Waals surface area (Å²) in [7, 11) is 2.02. The Bertz CT molecular complexity index is 498. The van der Waals surface area contributed by atoms with Crippen molar-refractivity contribution in [2.45, 2.75) is 80.4 Å². The highest BCUT2D eigenvalue weighted by molar-refractivity contribution is 7.99. The molecule has 2 heterocycles. The third-order valence-electron chi connectivity index (χ3n) is 5.78. The van der Waals surface area contributed by atoms with Crippen molar-refractivity contribution in [2.75, 3.05) is 19.8 Å². The van der Waals surface area contributed by atoms with Crippen molar-refractivity contribution in [1.82, 2.24) is 5.32 Å². The lowest BCUT2D eigenvalue weighted by atomic mass is 9.92. The van der Waals surface area contributed by atoms with Crippen LogP contribution in [0.3, 0.4) is 0 Å². The number of rotatable bonds is 7. The van der Waals surface area contributed by atoms with Crippen molar-refractivity contribution in [1.29, 1.82) is 0 Å². The van der Waals surface area contributed by atoms with Crippen LogP contribution in [-0.4, -0.2) is 88.4 Å². The SMILES string of the molecule is CCC[C@@H]1C[C@@H](C(=O)N[C@@H]([C@H]2O[C@@H](SC)[C@@H](O)[C@@H](O)[C@H]2O)[C@@H](C)Cl)[NH+](C)C1. The summed E-state index contributed by atoms with van der Waals surface area (Å²) < 4.78 is 5.80. The predicted octanol–water partition coefficient (Wildman–Crippen LogP) is -1.03. The van der Waals surface area contributed by atoms with Crippen LogP contribution < -0.4 is 10.2 Å². The van der Waals surface area contributed by atoms with Crippen molar-refractivity contribution in [3.8, 4) is 0 Å². The largest absolute Gasteiger partial charge is 0.388 e. The van der Waals surface area contributed by atoms with E-state index in [4.69, 9.17) is 16.3 Å². The van der Waals surface area contributed by atoms with Crippen LogP contribution in [0.25, 0.3) is 0 Å². The van der Waals surface area contributed by atoms with Gasteiger partial charge in [-0.25, -0.2) is 0 Å². The van der Waals surface area contributed by atoms with Gasteiger partial charge in [0.15, 0.2) is 6.04 Å². The summed E-state index contributed by atoms with van der Waals surface area (Å²) in [4.78, 5) is 14.1. The average Bonchev–Trinajstić information content (AvgIpc) is 2.99. The van der Waals surface area contributed by atoms with Crippen LogP contribution in [0.1, 0.15) is 33.1 Å². The second-order valence-electron chi connectivity index (χ2n) is 7.88. The molecule has 0 aliphatic carbocycles. The number of carbonyl (C=O) groups is 1. The van der Waals surface area contributed by atoms with E-state index in [0.29, 0.717) is 5.92 Å². The summed E-state index contributed by atoms with van der Waals surface area (Å²) in [6, 6.07) is -0.837. The fourth-order valence-corrected chi connectivity index (χ4v) is 5.15. The molecule has 1 amide bonds. The minimum atomic E-state index is -1.36. The maximum absolute atomic E-state index is 12.9. The molecule has 2 saturated heterocycles. The Balaban J connectivity index is 2.09. The third kappa shape index (κ3) is 5.29. The number of ether oxygens (including phenoxy) is 1. The molecule has 2 fully saturated rings. The monoisotopic (exact) mass is 425 g/mol. The van der Waals surface area contributed by atoms with E-state index in [1.807, 2.05) is 7.05 Å². The molecule has 0 spiro atoms. The van der Waals surface area contributed by atoms with E-state index in [-0.39, 0.29) is 11.9 Å². The molecule has 9 heteroatoms. The molecule has 10 atom stereocenters. The first kappa shape index (κ1) is 23.2. The first-order valence-corrected chi connectivity index (χ1v) is 11.4. The van der Waals surface area contributed by atoms with E-state index < -0.39 is 41.3 Å². The second-order valence-corrected chi connectivity index (χ2v) is 9.51. The fraction of sp³-hybridized carbons (Fsp3) is 0.944. The zero-order valence-electron chi connectivity index (χ0n) is 16.5. The molecule has 0 aromatic carbocycles. The summed E-state index contributed by atoms with van der Waals surface area (Å²) in [6.45, 7) is 4.84. The highest BCUT2D eigenvalue weighted by Gasteiger charge is 2.49. The lowest BCUT2D eigenvalue weighted by Crippen LogP contribution is -3.12. The molecule has 2 rings (SSSR count). The highest BCUT2D eigenvalue weighted by Crippen LogP contribution is 2.30. The summed E-state index contributed by atoms with van der Waals surface area (Å²) in [5.74, 6) is 0.424. The Kier molecular flexibility index (Phi) is 8.67. The van der Waals surface area contributed by atoms with Crippen LogP contribution in [0, 0.1) is 5.92 Å². The quantitative estimate of drug-likeness (QED) is 0.334. The van der Waals surface area contributed by atoms with E-state index in [1.165, 1.54) is 16.7 Å². The molecular formula is C18H34ClN2O5S+. The minimum Gasteiger partial charge on any atom is -0.388 e. The van der Waals surface area contributed by atoms with E-state index >= 15 is 0 Å². The van der Waals surface area contributed by atoms with Gasteiger partial charge in [0.25, 0.3) is 5.91 Å². The van der Waals surface area contributed by atoms with Crippen LogP contribution in [0.4, 0.5) is 0 Å². The van der Waals surface area contributed by atoms with E-state index in [1.54, 1.807) is 13.2 Å². The van der Waals surface area contributed by atoms with Crippen molar-refractivity contribution < 1.29 is 29.8 Å². The van der Waals surface area contributed by atoms with Crippen molar-refractivity contribution in [2.24, 2.45) is 5.92 Å². The van der Waals surface area contributed by atoms with Gasteiger partial charge < -0.3 is 30.3 Å². The van der Waals surface area contributed by atoms with Gasteiger partial charge in [-0.2, -0.15) is 0 Å². The number of aliphatic hydroxyl groups excluding tert-OH is 3. The minimum absolute atomic E-state index is 0.110. The molecule has 158 valence electrons. The lowest BCUT2D eigenvalue weighted by Gasteiger charge is -2.44. The number of quaternary nitrogens is 1. The van der Waals surface area contributed by atoms with Crippen LogP contribution in [0.15, 0.2) is 0 Å². The second kappa shape index (κ2) is 10.1. The highest BCUT2D eigenvalue weighted by atomic mass is 35.5. The average molecular weight is 426 g/mol. The number of likely N-dealkylation sites (N-methyl/N-ethyl adjacent to an activating group) is 1. The lowest BCUT2D eigenvalue weighted by molar-refractivity contribution is -0.884. The number of aliphatic hydroxyl groups is 3. The molecule has 2 aliphatic heterocycles. The number of hydrogen-bond donors (Lipinski definition) is 5. The first-order valence-electron chi connectivity index (χ1n) is 9.70. The topological polar surface area (TPSA) is 103 Å². The predicted molar refractivity (Wildman–Crippen MR) is 106 cm³/mol. The number of hydrogen-bond acceptors (Lipinski definition) is 6. The Morgan fingerprint density at radius 3 is 2.56 bits per heavy atom. The number of likely N-dealkylation sites (tertiary alicyclic amines) is 1. The molecule has 0 saturated carbocycles. The molecule has 0 radical (unpaired) electrons. The molecule has 1 unspecified atom stereocenters. The van der Waals surface area contributed by atoms with E-state index in [2.05, 4.69) is 12.2 Å². The number of thioether (sulfide) groups is 1. The Hall–Kier alpha value is -0.0900. The van der Waals surface area contributed by atoms with Crippen molar-refractivity contribution in [3.63, 3.8) is 0 Å². The van der Waals surface area contributed by atoms with E-state index in [0.717, 1.165) is 25.8 Å². The first-order chi connectivity index (χ1) is 12.7. The third-order valence-corrected chi connectivity index (χ3v) is 6.91. The number of carbonyl (C=O) groups excluding carboxylic acids is 1. The number of amides is 1. The van der Waals surface area contributed by atoms with Crippen LogP contribution in [0.5, 0.6) is 0 Å². The Labute approximate surface area is 170 Å². The van der Waals surface area contributed by atoms with Crippen molar-refractivity contribution in [3.05, 3.63) is 0 Å². The summed E-state index contributed by atoms with van der Waals surface area (Å²) in [6.07, 6.45) is 0.00196. The molecule has 27 heavy (non-hydrogen) atoms. The standard InChI is InChI=1S/C18H33ClN2O5S/c1-5-6-10-7-11(21(3)8-10)17(25)20-12(9(2)19)16-14(23)13(22)15(24)18(26-16)27-4/h9-16,18,22-24H,5-8H2,1-4H3,(H,20,25)/p+1/t9-,10-,11+,12-,13+,14-,15+,16-,18+/m1/s1. The molecule has 0 aromatic rings. The maximum atomic E-state index is 12.9. The van der Waals surface area contributed by atoms with Gasteiger partial charge in [-0.15, -0.1) is 23.4 Å². The van der Waals surface area contributed by atoms with Crippen LogP contribution in [-0.2, 0) is 9.53 Å². The van der Waals surface area contributed by atoms with Crippen LogP contribution >= 0.6 is 23.4 Å². The molecule has 0 aromatic heterocycles. The summed E-state index contributed by atoms with van der Waals surface area (Å²) in [5, 5.41) is 33.1. The Morgan fingerprint density at radius 2 is 2.00 bits per heavy atom. The molecule has 7 nitrogen and oxygen atoms in total.